The number of carbonyl (C=O) groups is 1. The number of imidazole rings is 1. The summed E-state index contributed by atoms with van der Waals surface area (Å²) in [5.74, 6) is 0.431. The molecule has 1 aliphatic rings. The third-order valence-electron chi connectivity index (χ3n) is 4.03. The van der Waals surface area contributed by atoms with Gasteiger partial charge in [0.1, 0.15) is 0 Å². The molecule has 0 saturated carbocycles. The number of anilines is 1. The topological polar surface area (TPSA) is 69.8 Å². The molecule has 5 nitrogen and oxygen atoms in total. The van der Waals surface area contributed by atoms with E-state index >= 15 is 0 Å². The van der Waals surface area contributed by atoms with Crippen LogP contribution in [0.3, 0.4) is 0 Å². The first-order valence-corrected chi connectivity index (χ1v) is 7.35. The molecule has 3 aromatic rings. The van der Waals surface area contributed by atoms with Crippen LogP contribution in [-0.2, 0) is 17.8 Å². The third kappa shape index (κ3) is 2.35. The van der Waals surface area contributed by atoms with Crippen molar-refractivity contribution in [1.82, 2.24) is 15.3 Å². The van der Waals surface area contributed by atoms with Gasteiger partial charge in [-0.2, -0.15) is 0 Å². The molecule has 1 atom stereocenters. The average Bonchev–Trinajstić information content (AvgIpc) is 2.96. The number of H-pyrrole nitrogens is 1. The van der Waals surface area contributed by atoms with Gasteiger partial charge in [0.25, 0.3) is 0 Å². The molecule has 1 amide bonds. The number of carbonyl (C=O) groups excluding carboxylic acids is 1. The minimum Gasteiger partial charge on any atom is -0.324 e. The predicted molar refractivity (Wildman–Crippen MR) is 85.5 cm³/mol. The molecule has 0 bridgehead atoms. The Hall–Kier alpha value is -2.66. The monoisotopic (exact) mass is 292 g/mol. The first kappa shape index (κ1) is 13.0. The van der Waals surface area contributed by atoms with Gasteiger partial charge in [0.05, 0.1) is 17.1 Å². The van der Waals surface area contributed by atoms with E-state index in [0.717, 1.165) is 11.0 Å². The van der Waals surface area contributed by atoms with Crippen LogP contribution in [0.25, 0.3) is 11.0 Å². The van der Waals surface area contributed by atoms with E-state index in [1.165, 1.54) is 11.1 Å². The lowest BCUT2D eigenvalue weighted by atomic mass is 9.95. The van der Waals surface area contributed by atoms with Crippen molar-refractivity contribution < 1.29 is 4.79 Å². The molecule has 0 spiro atoms. The zero-order chi connectivity index (χ0) is 14.9. The minimum atomic E-state index is -0.233. The van der Waals surface area contributed by atoms with Crippen molar-refractivity contribution >= 4 is 22.9 Å². The molecule has 0 radical (unpaired) electrons. The van der Waals surface area contributed by atoms with Crippen LogP contribution in [0.15, 0.2) is 48.5 Å². The molecular formula is C17H16N4O. The van der Waals surface area contributed by atoms with Crippen molar-refractivity contribution in [2.24, 2.45) is 0 Å². The second kappa shape index (κ2) is 5.27. The molecule has 1 aliphatic heterocycles. The van der Waals surface area contributed by atoms with Crippen LogP contribution in [-0.4, -0.2) is 21.9 Å². The summed E-state index contributed by atoms with van der Waals surface area (Å²) in [7, 11) is 0. The highest BCUT2D eigenvalue weighted by Gasteiger charge is 2.24. The molecule has 110 valence electrons. The van der Waals surface area contributed by atoms with Gasteiger partial charge in [-0.3, -0.25) is 10.1 Å². The zero-order valence-corrected chi connectivity index (χ0v) is 12.0. The van der Waals surface area contributed by atoms with E-state index < -0.39 is 0 Å². The Kier molecular flexibility index (Phi) is 3.12. The number of para-hydroxylation sites is 2. The van der Waals surface area contributed by atoms with Crippen molar-refractivity contribution in [3.8, 4) is 0 Å². The standard InChI is InChI=1S/C17H16N4O/c22-16(15-9-11-5-1-2-6-12(11)10-18-15)21-17-19-13-7-3-4-8-14(13)20-17/h1-8,15,18H,9-10H2,(H2,19,20,21,22). The molecule has 0 aliphatic carbocycles. The Morgan fingerprint density at radius 3 is 2.73 bits per heavy atom. The third-order valence-corrected chi connectivity index (χ3v) is 4.03. The number of hydrogen-bond acceptors (Lipinski definition) is 3. The van der Waals surface area contributed by atoms with Gasteiger partial charge in [-0.15, -0.1) is 0 Å². The molecule has 3 N–H and O–H groups in total. The summed E-state index contributed by atoms with van der Waals surface area (Å²) in [6, 6.07) is 15.7. The molecule has 5 heteroatoms. The molecular weight excluding hydrogens is 276 g/mol. The first-order chi connectivity index (χ1) is 10.8. The number of amides is 1. The maximum Gasteiger partial charge on any atom is 0.244 e. The summed E-state index contributed by atoms with van der Waals surface area (Å²) < 4.78 is 0. The summed E-state index contributed by atoms with van der Waals surface area (Å²) in [5, 5.41) is 6.14. The number of aromatic nitrogens is 2. The molecule has 2 heterocycles. The molecule has 1 unspecified atom stereocenters. The lowest BCUT2D eigenvalue weighted by Crippen LogP contribution is -2.44. The number of aromatic amines is 1. The van der Waals surface area contributed by atoms with Gasteiger partial charge in [0.15, 0.2) is 0 Å². The number of fused-ring (bicyclic) bond motifs is 2. The fourth-order valence-corrected chi connectivity index (χ4v) is 2.86. The van der Waals surface area contributed by atoms with Crippen LogP contribution in [0.5, 0.6) is 0 Å². The largest absolute Gasteiger partial charge is 0.324 e. The average molecular weight is 292 g/mol. The van der Waals surface area contributed by atoms with Crippen molar-refractivity contribution in [2.75, 3.05) is 5.32 Å². The lowest BCUT2D eigenvalue weighted by Gasteiger charge is -2.24. The first-order valence-electron chi connectivity index (χ1n) is 7.35. The second-order valence-corrected chi connectivity index (χ2v) is 5.50. The van der Waals surface area contributed by atoms with Crippen molar-refractivity contribution in [3.05, 3.63) is 59.7 Å². The summed E-state index contributed by atoms with van der Waals surface area (Å²) in [6.45, 7) is 0.717. The zero-order valence-electron chi connectivity index (χ0n) is 12.0. The Bertz CT molecular complexity index is 806. The lowest BCUT2D eigenvalue weighted by molar-refractivity contribution is -0.118. The van der Waals surface area contributed by atoms with Crippen LogP contribution in [0, 0.1) is 0 Å². The molecule has 0 saturated heterocycles. The highest BCUT2D eigenvalue weighted by Crippen LogP contribution is 2.18. The number of nitrogens with zero attached hydrogens (tertiary/aromatic N) is 1. The highest BCUT2D eigenvalue weighted by atomic mass is 16.2. The van der Waals surface area contributed by atoms with E-state index in [4.69, 9.17) is 0 Å². The summed E-state index contributed by atoms with van der Waals surface area (Å²) in [4.78, 5) is 19.9. The minimum absolute atomic E-state index is 0.0615. The Labute approximate surface area is 127 Å². The van der Waals surface area contributed by atoms with Crippen molar-refractivity contribution in [2.45, 2.75) is 19.0 Å². The van der Waals surface area contributed by atoms with Gasteiger partial charge in [0, 0.05) is 6.54 Å². The quantitative estimate of drug-likeness (QED) is 0.678. The van der Waals surface area contributed by atoms with E-state index in [1.54, 1.807) is 0 Å². The number of rotatable bonds is 2. The predicted octanol–water partition coefficient (Wildman–Crippen LogP) is 2.22. The van der Waals surface area contributed by atoms with Gasteiger partial charge < -0.3 is 10.3 Å². The van der Waals surface area contributed by atoms with Gasteiger partial charge in [-0.25, -0.2) is 4.98 Å². The van der Waals surface area contributed by atoms with E-state index in [-0.39, 0.29) is 11.9 Å². The van der Waals surface area contributed by atoms with Gasteiger partial charge in [0.2, 0.25) is 11.9 Å². The van der Waals surface area contributed by atoms with Crippen LogP contribution < -0.4 is 10.6 Å². The SMILES string of the molecule is O=C(Nc1nc2ccccc2[nH]1)C1Cc2ccccc2CN1. The maximum absolute atomic E-state index is 12.4. The van der Waals surface area contributed by atoms with E-state index in [1.807, 2.05) is 36.4 Å². The Morgan fingerprint density at radius 2 is 1.86 bits per heavy atom. The van der Waals surface area contributed by atoms with Gasteiger partial charge >= 0.3 is 0 Å². The van der Waals surface area contributed by atoms with E-state index in [0.29, 0.717) is 18.9 Å². The van der Waals surface area contributed by atoms with Gasteiger partial charge in [-0.1, -0.05) is 36.4 Å². The number of hydrogen-bond donors (Lipinski definition) is 3. The Morgan fingerprint density at radius 1 is 1.09 bits per heavy atom. The van der Waals surface area contributed by atoms with Crippen LogP contribution in [0.4, 0.5) is 5.95 Å². The van der Waals surface area contributed by atoms with Crippen LogP contribution >= 0.6 is 0 Å². The van der Waals surface area contributed by atoms with Crippen LogP contribution in [0.2, 0.25) is 0 Å². The van der Waals surface area contributed by atoms with Crippen LogP contribution in [0.1, 0.15) is 11.1 Å². The fourth-order valence-electron chi connectivity index (χ4n) is 2.86. The molecule has 4 rings (SSSR count). The van der Waals surface area contributed by atoms with E-state index in [9.17, 15) is 4.79 Å². The normalized spacial score (nSPS) is 17.2. The molecule has 22 heavy (non-hydrogen) atoms. The maximum atomic E-state index is 12.4. The summed E-state index contributed by atoms with van der Waals surface area (Å²) in [6.07, 6.45) is 0.697. The Balaban J connectivity index is 1.51. The van der Waals surface area contributed by atoms with Crippen molar-refractivity contribution in [1.29, 1.82) is 0 Å². The number of nitrogens with one attached hydrogen (secondary N) is 3. The molecule has 0 fully saturated rings. The van der Waals surface area contributed by atoms with Gasteiger partial charge in [-0.05, 0) is 29.7 Å². The number of benzene rings is 2. The smallest absolute Gasteiger partial charge is 0.244 e. The van der Waals surface area contributed by atoms with E-state index in [2.05, 4.69) is 32.7 Å². The highest BCUT2D eigenvalue weighted by molar-refractivity contribution is 5.95. The van der Waals surface area contributed by atoms with Crippen molar-refractivity contribution in [3.63, 3.8) is 0 Å². The summed E-state index contributed by atoms with van der Waals surface area (Å²) >= 11 is 0. The second-order valence-electron chi connectivity index (χ2n) is 5.50. The molecule has 1 aromatic heterocycles. The fraction of sp³-hybridized carbons (Fsp3) is 0.176. The molecule has 2 aromatic carbocycles. The summed E-state index contributed by atoms with van der Waals surface area (Å²) in [5.41, 5.74) is 4.25.